The zero-order valence-corrected chi connectivity index (χ0v) is 21.7. The summed E-state index contributed by atoms with van der Waals surface area (Å²) in [5, 5.41) is 2.84. The molecular weight excluding hydrogens is 508 g/mol. The summed E-state index contributed by atoms with van der Waals surface area (Å²) in [6.07, 6.45) is 0.140. The summed E-state index contributed by atoms with van der Waals surface area (Å²) in [5.74, 6) is -2.03. The molecule has 4 rings (SSSR count). The van der Waals surface area contributed by atoms with Crippen molar-refractivity contribution in [3.63, 3.8) is 0 Å². The van der Waals surface area contributed by atoms with Crippen LogP contribution in [0.15, 0.2) is 77.6 Å². The summed E-state index contributed by atoms with van der Waals surface area (Å²) >= 11 is 1.08. The van der Waals surface area contributed by atoms with Gasteiger partial charge in [-0.2, -0.15) is 0 Å². The van der Waals surface area contributed by atoms with E-state index in [1.165, 1.54) is 14.2 Å². The van der Waals surface area contributed by atoms with Gasteiger partial charge < -0.3 is 19.5 Å². The van der Waals surface area contributed by atoms with E-state index in [0.29, 0.717) is 28.2 Å². The maximum absolute atomic E-state index is 12.6. The largest absolute Gasteiger partial charge is 0.492 e. The van der Waals surface area contributed by atoms with Gasteiger partial charge in [0.25, 0.3) is 5.91 Å². The quantitative estimate of drug-likeness (QED) is 0.243. The molecule has 0 saturated carbocycles. The molecule has 0 aliphatic carbocycles. The predicted octanol–water partition coefficient (Wildman–Crippen LogP) is 3.90. The molecule has 0 spiro atoms. The summed E-state index contributed by atoms with van der Waals surface area (Å²) in [4.78, 5) is 48.8. The van der Waals surface area contributed by atoms with Crippen molar-refractivity contribution in [1.82, 2.24) is 4.57 Å². The molecule has 0 unspecified atom stereocenters. The van der Waals surface area contributed by atoms with Gasteiger partial charge in [0.1, 0.15) is 12.4 Å². The van der Waals surface area contributed by atoms with Crippen LogP contribution >= 0.6 is 11.3 Å². The predicted molar refractivity (Wildman–Crippen MR) is 144 cm³/mol. The van der Waals surface area contributed by atoms with Crippen molar-refractivity contribution in [3.8, 4) is 5.75 Å². The lowest BCUT2D eigenvalue weighted by Crippen LogP contribution is -2.28. The zero-order valence-electron chi connectivity index (χ0n) is 20.8. The molecule has 0 atom stereocenters. The van der Waals surface area contributed by atoms with Gasteiger partial charge >= 0.3 is 16.8 Å². The molecule has 196 valence electrons. The Bertz CT molecular complexity index is 1480. The normalized spacial score (nSPS) is 10.8. The van der Waals surface area contributed by atoms with Crippen molar-refractivity contribution in [3.05, 3.63) is 93.6 Å². The topological polar surface area (TPSA) is 113 Å². The third-order valence-corrected chi connectivity index (χ3v) is 6.82. The minimum atomic E-state index is -1.04. The summed E-state index contributed by atoms with van der Waals surface area (Å²) in [7, 11) is 2.44. The second-order valence-electron chi connectivity index (χ2n) is 8.32. The Morgan fingerprint density at radius 1 is 0.921 bits per heavy atom. The number of aromatic nitrogens is 1. The molecule has 3 aromatic carbocycles. The number of fused-ring (bicyclic) bond motifs is 1. The van der Waals surface area contributed by atoms with Crippen LogP contribution in [0.2, 0.25) is 0 Å². The van der Waals surface area contributed by atoms with Gasteiger partial charge in [0.15, 0.2) is 5.92 Å². The number of benzene rings is 3. The van der Waals surface area contributed by atoms with Crippen LogP contribution in [0.25, 0.3) is 10.2 Å². The number of carbonyl (C=O) groups is 3. The third-order valence-electron chi connectivity index (χ3n) is 5.88. The standard InChI is InChI=1S/C28H26N2O7S/c1-35-26(32)22(27(33)36-2)16-18-8-11-21(12-9-18)37-15-14-30-23-13-10-19(17-24(23)38-28(30)34)25(31)29-20-6-4-3-5-7-20/h3-13,17,22H,14-16H2,1-2H3,(H,29,31). The number of ether oxygens (including phenoxy) is 3. The van der Waals surface area contributed by atoms with Crippen LogP contribution in [0.3, 0.4) is 0 Å². The molecule has 0 bridgehead atoms. The van der Waals surface area contributed by atoms with E-state index < -0.39 is 17.9 Å². The average molecular weight is 535 g/mol. The molecule has 0 aliphatic rings. The number of thiazole rings is 1. The number of amides is 1. The van der Waals surface area contributed by atoms with Crippen LogP contribution in [0.4, 0.5) is 5.69 Å². The number of rotatable bonds is 10. The Morgan fingerprint density at radius 2 is 1.61 bits per heavy atom. The second-order valence-corrected chi connectivity index (χ2v) is 9.31. The summed E-state index contributed by atoms with van der Waals surface area (Å²) in [6, 6.07) is 21.3. The molecule has 0 saturated heterocycles. The lowest BCUT2D eigenvalue weighted by atomic mass is 9.99. The van der Waals surface area contributed by atoms with E-state index in [1.54, 1.807) is 59.2 Å². The minimum absolute atomic E-state index is 0.140. The number of esters is 2. The third kappa shape index (κ3) is 6.27. The number of methoxy groups -OCH3 is 2. The molecule has 1 amide bonds. The summed E-state index contributed by atoms with van der Waals surface area (Å²) in [6.45, 7) is 0.567. The fourth-order valence-corrected chi connectivity index (χ4v) is 4.86. The van der Waals surface area contributed by atoms with Crippen LogP contribution in [-0.4, -0.2) is 43.2 Å². The van der Waals surface area contributed by atoms with E-state index in [9.17, 15) is 19.2 Å². The first-order valence-electron chi connectivity index (χ1n) is 11.8. The monoisotopic (exact) mass is 534 g/mol. The number of nitrogens with zero attached hydrogens (tertiary/aromatic N) is 1. The van der Waals surface area contributed by atoms with E-state index in [1.807, 2.05) is 18.2 Å². The van der Waals surface area contributed by atoms with Gasteiger partial charge in [-0.05, 0) is 54.4 Å². The van der Waals surface area contributed by atoms with Crippen molar-refractivity contribution in [2.75, 3.05) is 26.1 Å². The lowest BCUT2D eigenvalue weighted by Gasteiger charge is -2.13. The zero-order chi connectivity index (χ0) is 27.1. The number of carbonyl (C=O) groups excluding carboxylic acids is 3. The van der Waals surface area contributed by atoms with Crippen LogP contribution in [0.1, 0.15) is 15.9 Å². The van der Waals surface area contributed by atoms with Gasteiger partial charge in [0.05, 0.1) is 31.0 Å². The Morgan fingerprint density at radius 3 is 2.26 bits per heavy atom. The fourth-order valence-electron chi connectivity index (χ4n) is 3.90. The highest BCUT2D eigenvalue weighted by Gasteiger charge is 2.28. The molecule has 1 N–H and O–H groups in total. The number of hydrogen-bond donors (Lipinski definition) is 1. The molecule has 0 aliphatic heterocycles. The van der Waals surface area contributed by atoms with Gasteiger partial charge in [0.2, 0.25) is 0 Å². The number of hydrogen-bond acceptors (Lipinski definition) is 8. The van der Waals surface area contributed by atoms with Crippen molar-refractivity contribution >= 4 is 45.1 Å². The van der Waals surface area contributed by atoms with Crippen molar-refractivity contribution < 1.29 is 28.6 Å². The Balaban J connectivity index is 1.37. The highest BCUT2D eigenvalue weighted by Crippen LogP contribution is 2.21. The molecule has 0 radical (unpaired) electrons. The van der Waals surface area contributed by atoms with Crippen LogP contribution < -0.4 is 14.9 Å². The lowest BCUT2D eigenvalue weighted by molar-refractivity contribution is -0.158. The maximum atomic E-state index is 12.6. The van der Waals surface area contributed by atoms with Crippen molar-refractivity contribution in [2.45, 2.75) is 13.0 Å². The Hall–Kier alpha value is -4.44. The fraction of sp³-hybridized carbons (Fsp3) is 0.214. The molecule has 4 aromatic rings. The molecule has 38 heavy (non-hydrogen) atoms. The summed E-state index contributed by atoms with van der Waals surface area (Å²) < 4.78 is 17.5. The maximum Gasteiger partial charge on any atom is 0.320 e. The van der Waals surface area contributed by atoms with Gasteiger partial charge in [-0.3, -0.25) is 23.7 Å². The highest BCUT2D eigenvalue weighted by atomic mass is 32.1. The highest BCUT2D eigenvalue weighted by molar-refractivity contribution is 7.16. The number of para-hydroxylation sites is 1. The van der Waals surface area contributed by atoms with Crippen molar-refractivity contribution in [2.24, 2.45) is 5.92 Å². The van der Waals surface area contributed by atoms with Gasteiger partial charge in [0, 0.05) is 11.3 Å². The molecule has 10 heteroatoms. The van der Waals surface area contributed by atoms with E-state index in [2.05, 4.69) is 5.32 Å². The van der Waals surface area contributed by atoms with E-state index in [-0.39, 0.29) is 23.8 Å². The van der Waals surface area contributed by atoms with Gasteiger partial charge in [-0.1, -0.05) is 41.7 Å². The smallest absolute Gasteiger partial charge is 0.320 e. The Labute approximate surface area is 222 Å². The minimum Gasteiger partial charge on any atom is -0.492 e. The first-order valence-corrected chi connectivity index (χ1v) is 12.6. The molecular formula is C28H26N2O7S. The van der Waals surface area contributed by atoms with Gasteiger partial charge in [-0.25, -0.2) is 0 Å². The number of anilines is 1. The van der Waals surface area contributed by atoms with Crippen LogP contribution in [-0.2, 0) is 32.0 Å². The summed E-state index contributed by atoms with van der Waals surface area (Å²) in [5.41, 5.74) is 2.63. The SMILES string of the molecule is COC(=O)C(Cc1ccc(OCCn2c(=O)sc3cc(C(=O)Nc4ccccc4)ccc32)cc1)C(=O)OC. The van der Waals surface area contributed by atoms with Gasteiger partial charge in [-0.15, -0.1) is 0 Å². The first kappa shape index (κ1) is 26.6. The van der Waals surface area contributed by atoms with E-state index in [4.69, 9.17) is 14.2 Å². The van der Waals surface area contributed by atoms with E-state index >= 15 is 0 Å². The molecule has 9 nitrogen and oxygen atoms in total. The first-order chi connectivity index (χ1) is 18.4. The molecule has 1 heterocycles. The second kappa shape index (κ2) is 12.2. The van der Waals surface area contributed by atoms with Crippen molar-refractivity contribution in [1.29, 1.82) is 0 Å². The number of nitrogens with one attached hydrogen (secondary N) is 1. The van der Waals surface area contributed by atoms with E-state index in [0.717, 1.165) is 22.4 Å². The molecule has 0 fully saturated rings. The van der Waals surface area contributed by atoms with Crippen LogP contribution in [0, 0.1) is 5.92 Å². The van der Waals surface area contributed by atoms with Crippen LogP contribution in [0.5, 0.6) is 5.75 Å². The molecule has 1 aromatic heterocycles. The average Bonchev–Trinajstić information content (AvgIpc) is 3.26. The Kier molecular flexibility index (Phi) is 8.55.